The van der Waals surface area contributed by atoms with Crippen LogP contribution in [0, 0.1) is 11.8 Å². The number of carbonyl (C=O) groups is 1. The van der Waals surface area contributed by atoms with Crippen LogP contribution in [0.2, 0.25) is 0 Å². The quantitative estimate of drug-likeness (QED) is 0.822. The zero-order valence-electron chi connectivity index (χ0n) is 12.7. The van der Waals surface area contributed by atoms with E-state index in [0.717, 1.165) is 12.2 Å². The van der Waals surface area contributed by atoms with E-state index < -0.39 is 0 Å². The fraction of sp³-hybridized carbons (Fsp3) is 0.562. The minimum absolute atomic E-state index is 0.0230. The van der Waals surface area contributed by atoms with Gasteiger partial charge in [-0.1, -0.05) is 39.8 Å². The summed E-state index contributed by atoms with van der Waals surface area (Å²) in [5.74, 6) is 0.460. The van der Waals surface area contributed by atoms with Crippen molar-refractivity contribution in [1.82, 2.24) is 5.32 Å². The number of rotatable bonds is 6. The van der Waals surface area contributed by atoms with Crippen LogP contribution in [0.25, 0.3) is 0 Å². The highest BCUT2D eigenvalue weighted by atomic mass is 16.1. The Labute approximate surface area is 116 Å². The second-order valence-corrected chi connectivity index (χ2v) is 5.43. The van der Waals surface area contributed by atoms with Crippen molar-refractivity contribution in [3.63, 3.8) is 0 Å². The van der Waals surface area contributed by atoms with Gasteiger partial charge < -0.3 is 10.6 Å². The molecule has 1 rings (SSSR count). The fourth-order valence-corrected chi connectivity index (χ4v) is 1.87. The van der Waals surface area contributed by atoms with Gasteiger partial charge in [-0.3, -0.25) is 4.79 Å². The number of anilines is 1. The molecule has 3 nitrogen and oxygen atoms in total. The smallest absolute Gasteiger partial charge is 0.227 e. The van der Waals surface area contributed by atoms with Gasteiger partial charge in [-0.25, -0.2) is 0 Å². The third-order valence-electron chi connectivity index (χ3n) is 3.58. The van der Waals surface area contributed by atoms with Gasteiger partial charge in [-0.05, 0) is 37.1 Å². The summed E-state index contributed by atoms with van der Waals surface area (Å²) in [6, 6.07) is 8.34. The van der Waals surface area contributed by atoms with E-state index >= 15 is 0 Å². The number of hydrogen-bond acceptors (Lipinski definition) is 2. The molecular formula is C16H26N2O. The van der Waals surface area contributed by atoms with E-state index in [0.29, 0.717) is 12.0 Å². The van der Waals surface area contributed by atoms with Crippen molar-refractivity contribution in [3.05, 3.63) is 29.8 Å². The summed E-state index contributed by atoms with van der Waals surface area (Å²) in [5.41, 5.74) is 2.07. The van der Waals surface area contributed by atoms with Gasteiger partial charge in [0.2, 0.25) is 5.91 Å². The number of benzene rings is 1. The van der Waals surface area contributed by atoms with Crippen LogP contribution in [0.15, 0.2) is 24.3 Å². The number of amides is 1. The average Bonchev–Trinajstić information content (AvgIpc) is 2.38. The molecule has 0 aliphatic rings. The van der Waals surface area contributed by atoms with E-state index in [1.807, 2.05) is 25.1 Å². The molecule has 19 heavy (non-hydrogen) atoms. The second-order valence-electron chi connectivity index (χ2n) is 5.43. The number of carbonyl (C=O) groups excluding carboxylic acids is 1. The molecule has 1 amide bonds. The van der Waals surface area contributed by atoms with Crippen molar-refractivity contribution >= 4 is 11.6 Å². The van der Waals surface area contributed by atoms with Crippen LogP contribution in [0.4, 0.5) is 5.69 Å². The lowest BCUT2D eigenvalue weighted by molar-refractivity contribution is -0.120. The summed E-state index contributed by atoms with van der Waals surface area (Å²) in [7, 11) is 0. The van der Waals surface area contributed by atoms with Gasteiger partial charge in [-0.2, -0.15) is 0 Å². The Bertz CT molecular complexity index is 415. The third kappa shape index (κ3) is 4.67. The summed E-state index contributed by atoms with van der Waals surface area (Å²) in [6.45, 7) is 11.2. The van der Waals surface area contributed by atoms with Gasteiger partial charge in [0.05, 0.1) is 0 Å². The molecule has 2 atom stereocenters. The van der Waals surface area contributed by atoms with Crippen molar-refractivity contribution in [3.8, 4) is 0 Å². The molecule has 0 saturated heterocycles. The van der Waals surface area contributed by atoms with Crippen molar-refractivity contribution < 1.29 is 4.79 Å². The Morgan fingerprint density at radius 2 is 1.89 bits per heavy atom. The zero-order chi connectivity index (χ0) is 14.4. The Kier molecular flexibility index (Phi) is 6.03. The summed E-state index contributed by atoms with van der Waals surface area (Å²) in [4.78, 5) is 12.0. The van der Waals surface area contributed by atoms with Crippen LogP contribution in [-0.2, 0) is 4.79 Å². The normalized spacial score (nSPS) is 14.2. The molecular weight excluding hydrogens is 236 g/mol. The summed E-state index contributed by atoms with van der Waals surface area (Å²) >= 11 is 0. The summed E-state index contributed by atoms with van der Waals surface area (Å²) in [6.07, 6.45) is 0. The van der Waals surface area contributed by atoms with E-state index in [9.17, 15) is 4.79 Å². The van der Waals surface area contributed by atoms with E-state index in [-0.39, 0.29) is 11.8 Å². The number of hydrogen-bond donors (Lipinski definition) is 2. The molecule has 0 spiro atoms. The lowest BCUT2D eigenvalue weighted by Crippen LogP contribution is -2.24. The summed E-state index contributed by atoms with van der Waals surface area (Å²) in [5, 5.41) is 6.36. The molecule has 3 heteroatoms. The van der Waals surface area contributed by atoms with Crippen LogP contribution in [0.1, 0.15) is 46.2 Å². The molecule has 1 aromatic rings. The summed E-state index contributed by atoms with van der Waals surface area (Å²) < 4.78 is 0. The predicted molar refractivity (Wildman–Crippen MR) is 81.2 cm³/mol. The largest absolute Gasteiger partial charge is 0.326 e. The second kappa shape index (κ2) is 7.29. The van der Waals surface area contributed by atoms with Crippen molar-refractivity contribution in [2.45, 2.75) is 40.7 Å². The minimum Gasteiger partial charge on any atom is -0.326 e. The first-order valence-electron chi connectivity index (χ1n) is 7.09. The molecule has 2 N–H and O–H groups in total. The van der Waals surface area contributed by atoms with Crippen molar-refractivity contribution in [2.75, 3.05) is 11.9 Å². The Morgan fingerprint density at radius 3 is 2.47 bits per heavy atom. The highest BCUT2D eigenvalue weighted by molar-refractivity contribution is 5.92. The lowest BCUT2D eigenvalue weighted by atomic mass is 9.97. The average molecular weight is 262 g/mol. The predicted octanol–water partition coefficient (Wildman–Crippen LogP) is 3.59. The Hall–Kier alpha value is -1.35. The van der Waals surface area contributed by atoms with Gasteiger partial charge in [0.25, 0.3) is 0 Å². The van der Waals surface area contributed by atoms with Gasteiger partial charge in [0.1, 0.15) is 0 Å². The topological polar surface area (TPSA) is 41.1 Å². The van der Waals surface area contributed by atoms with Crippen LogP contribution in [-0.4, -0.2) is 12.5 Å². The molecule has 0 saturated carbocycles. The van der Waals surface area contributed by atoms with Crippen molar-refractivity contribution in [1.29, 1.82) is 0 Å². The first kappa shape index (κ1) is 15.7. The lowest BCUT2D eigenvalue weighted by Gasteiger charge is -2.17. The van der Waals surface area contributed by atoms with Gasteiger partial charge in [0.15, 0.2) is 0 Å². The molecule has 0 heterocycles. The molecule has 2 unspecified atom stereocenters. The highest BCUT2D eigenvalue weighted by Crippen LogP contribution is 2.19. The first-order valence-corrected chi connectivity index (χ1v) is 7.09. The van der Waals surface area contributed by atoms with Gasteiger partial charge in [-0.15, -0.1) is 0 Å². The fourth-order valence-electron chi connectivity index (χ4n) is 1.87. The van der Waals surface area contributed by atoms with E-state index in [1.165, 1.54) is 5.56 Å². The first-order chi connectivity index (χ1) is 8.95. The van der Waals surface area contributed by atoms with E-state index in [4.69, 9.17) is 0 Å². The molecule has 0 aliphatic carbocycles. The van der Waals surface area contributed by atoms with Crippen LogP contribution < -0.4 is 10.6 Å². The molecule has 0 radical (unpaired) electrons. The number of nitrogens with one attached hydrogen (secondary N) is 2. The highest BCUT2D eigenvalue weighted by Gasteiger charge is 2.16. The minimum atomic E-state index is 0.0230. The monoisotopic (exact) mass is 262 g/mol. The maximum Gasteiger partial charge on any atom is 0.227 e. The van der Waals surface area contributed by atoms with Crippen LogP contribution in [0.3, 0.4) is 0 Å². The molecule has 106 valence electrons. The van der Waals surface area contributed by atoms with Gasteiger partial charge >= 0.3 is 0 Å². The SMILES string of the molecule is CCNC(C)c1cccc(NC(=O)C(C)C(C)C)c1. The van der Waals surface area contributed by atoms with Gasteiger partial charge in [0, 0.05) is 17.6 Å². The maximum absolute atomic E-state index is 12.0. The van der Waals surface area contributed by atoms with Crippen LogP contribution in [0.5, 0.6) is 0 Å². The standard InChI is InChI=1S/C16H26N2O/c1-6-17-13(5)14-8-7-9-15(10-14)18-16(19)12(4)11(2)3/h7-13,17H,6H2,1-5H3,(H,18,19). The molecule has 1 aromatic carbocycles. The van der Waals surface area contributed by atoms with E-state index in [2.05, 4.69) is 44.4 Å². The molecule has 0 bridgehead atoms. The third-order valence-corrected chi connectivity index (χ3v) is 3.58. The van der Waals surface area contributed by atoms with E-state index in [1.54, 1.807) is 0 Å². The van der Waals surface area contributed by atoms with Crippen molar-refractivity contribution in [2.24, 2.45) is 11.8 Å². The zero-order valence-corrected chi connectivity index (χ0v) is 12.7. The Balaban J connectivity index is 2.74. The van der Waals surface area contributed by atoms with Crippen LogP contribution >= 0.6 is 0 Å². The molecule has 0 aromatic heterocycles. The Morgan fingerprint density at radius 1 is 1.21 bits per heavy atom. The molecule has 0 aliphatic heterocycles. The maximum atomic E-state index is 12.0. The molecule has 0 fully saturated rings.